The van der Waals surface area contributed by atoms with Gasteiger partial charge in [-0.3, -0.25) is 9.79 Å². The highest BCUT2D eigenvalue weighted by atomic mass is 19.1. The van der Waals surface area contributed by atoms with Crippen LogP contribution in [0, 0.1) is 5.82 Å². The average Bonchev–Trinajstić information content (AvgIpc) is 2.54. The van der Waals surface area contributed by atoms with Crippen LogP contribution in [0.4, 0.5) is 4.39 Å². The first kappa shape index (κ1) is 18.6. The maximum absolute atomic E-state index is 13.4. The van der Waals surface area contributed by atoms with Gasteiger partial charge < -0.3 is 16.6 Å². The second-order valence-electron chi connectivity index (χ2n) is 5.02. The minimum absolute atomic E-state index is 0.192. The minimum atomic E-state index is -0.760. The van der Waals surface area contributed by atoms with Gasteiger partial charge in [0.1, 0.15) is 5.82 Å². The summed E-state index contributed by atoms with van der Waals surface area (Å²) in [6.45, 7) is 3.83. The van der Waals surface area contributed by atoms with E-state index in [1.807, 2.05) is 6.92 Å². The number of halogens is 1. The van der Waals surface area contributed by atoms with E-state index in [1.54, 1.807) is 6.21 Å². The van der Waals surface area contributed by atoms with E-state index in [0.717, 1.165) is 12.3 Å². The number of aliphatic hydroxyl groups is 1. The summed E-state index contributed by atoms with van der Waals surface area (Å²) in [7, 11) is 0. The van der Waals surface area contributed by atoms with Crippen molar-refractivity contribution in [2.45, 2.75) is 26.3 Å². The lowest BCUT2D eigenvalue weighted by molar-refractivity contribution is 0.101. The van der Waals surface area contributed by atoms with E-state index in [9.17, 15) is 14.3 Å². The highest BCUT2D eigenvalue weighted by Gasteiger charge is 2.19. The van der Waals surface area contributed by atoms with Crippen molar-refractivity contribution in [3.63, 3.8) is 0 Å². The van der Waals surface area contributed by atoms with Crippen molar-refractivity contribution in [2.75, 3.05) is 6.54 Å². The first-order valence-corrected chi connectivity index (χ1v) is 7.24. The maximum atomic E-state index is 13.4. The highest BCUT2D eigenvalue weighted by molar-refractivity contribution is 5.95. The van der Waals surface area contributed by atoms with Crippen molar-refractivity contribution in [2.24, 2.45) is 16.5 Å². The summed E-state index contributed by atoms with van der Waals surface area (Å²) in [6.07, 6.45) is 4.15. The van der Waals surface area contributed by atoms with Gasteiger partial charge in [-0.25, -0.2) is 4.39 Å². The van der Waals surface area contributed by atoms with Gasteiger partial charge in [-0.15, -0.1) is 0 Å². The van der Waals surface area contributed by atoms with Gasteiger partial charge >= 0.3 is 0 Å². The van der Waals surface area contributed by atoms with Crippen molar-refractivity contribution < 1.29 is 14.3 Å². The Kier molecular flexibility index (Phi) is 7.15. The number of carbonyl (C=O) groups excluding carboxylic acids is 1. The molecule has 1 aromatic rings. The number of benzene rings is 1. The second kappa shape index (κ2) is 8.85. The molecule has 0 aliphatic carbocycles. The summed E-state index contributed by atoms with van der Waals surface area (Å²) in [5, 5.41) is 9.50. The van der Waals surface area contributed by atoms with Gasteiger partial charge in [-0.1, -0.05) is 6.07 Å². The zero-order valence-electron chi connectivity index (χ0n) is 13.3. The fourth-order valence-corrected chi connectivity index (χ4v) is 2.13. The summed E-state index contributed by atoms with van der Waals surface area (Å²) in [5.74, 6) is -0.812. The second-order valence-corrected chi connectivity index (χ2v) is 5.02. The van der Waals surface area contributed by atoms with Crippen molar-refractivity contribution in [3.05, 3.63) is 58.8 Å². The number of nitrogens with two attached hydrogens (primary N) is 2. The van der Waals surface area contributed by atoms with Crippen molar-refractivity contribution in [1.29, 1.82) is 0 Å². The van der Waals surface area contributed by atoms with Gasteiger partial charge in [0.25, 0.3) is 0 Å². The number of aliphatic hydroxyl groups excluding tert-OH is 1. The number of ketones is 1. The van der Waals surface area contributed by atoms with E-state index in [4.69, 9.17) is 11.5 Å². The van der Waals surface area contributed by atoms with Gasteiger partial charge in [-0.05, 0) is 48.9 Å². The molecule has 1 aromatic carbocycles. The van der Waals surface area contributed by atoms with Crippen LogP contribution in [0.25, 0.3) is 0 Å². The predicted molar refractivity (Wildman–Crippen MR) is 90.0 cm³/mol. The lowest BCUT2D eigenvalue weighted by Crippen LogP contribution is -2.18. The molecule has 0 radical (unpaired) electrons. The normalized spacial score (nSPS) is 14.3. The average molecular weight is 319 g/mol. The molecule has 0 saturated carbocycles. The molecule has 0 amide bonds. The van der Waals surface area contributed by atoms with Crippen molar-refractivity contribution in [3.8, 4) is 0 Å². The van der Waals surface area contributed by atoms with Crippen LogP contribution < -0.4 is 11.5 Å². The summed E-state index contributed by atoms with van der Waals surface area (Å²) >= 11 is 0. The van der Waals surface area contributed by atoms with E-state index in [1.165, 1.54) is 25.3 Å². The minimum Gasteiger partial charge on any atom is -0.516 e. The van der Waals surface area contributed by atoms with E-state index >= 15 is 0 Å². The number of Topliss-reactive ketones (excluding diaryl/α,β-unsaturated/α-hetero) is 1. The number of carbonyl (C=O) groups is 1. The van der Waals surface area contributed by atoms with E-state index in [0.29, 0.717) is 23.3 Å². The first-order valence-electron chi connectivity index (χ1n) is 7.24. The summed E-state index contributed by atoms with van der Waals surface area (Å²) < 4.78 is 13.4. The van der Waals surface area contributed by atoms with Crippen LogP contribution in [0.1, 0.15) is 42.2 Å². The molecule has 0 bridgehead atoms. The number of aliphatic imine (C=N–C) groups is 1. The topological polar surface area (TPSA) is 102 Å². The molecule has 0 aromatic heterocycles. The lowest BCUT2D eigenvalue weighted by atomic mass is 9.91. The lowest BCUT2D eigenvalue weighted by Gasteiger charge is -2.18. The Morgan fingerprint density at radius 3 is 2.70 bits per heavy atom. The molecule has 1 rings (SSSR count). The van der Waals surface area contributed by atoms with Crippen LogP contribution in [-0.4, -0.2) is 23.6 Å². The van der Waals surface area contributed by atoms with Crippen LogP contribution >= 0.6 is 0 Å². The van der Waals surface area contributed by atoms with E-state index in [-0.39, 0.29) is 17.8 Å². The fourth-order valence-electron chi connectivity index (χ4n) is 2.13. The largest absolute Gasteiger partial charge is 0.516 e. The van der Waals surface area contributed by atoms with Crippen LogP contribution in [0.3, 0.4) is 0 Å². The third kappa shape index (κ3) is 5.03. The molecule has 6 heteroatoms. The first-order chi connectivity index (χ1) is 10.9. The number of nitrogens with zero attached hydrogens (tertiary/aromatic N) is 1. The Morgan fingerprint density at radius 2 is 2.17 bits per heavy atom. The van der Waals surface area contributed by atoms with Gasteiger partial charge in [0, 0.05) is 24.7 Å². The van der Waals surface area contributed by atoms with Crippen LogP contribution in [0.5, 0.6) is 0 Å². The fraction of sp³-hybridized carbons (Fsp3) is 0.294. The van der Waals surface area contributed by atoms with E-state index in [2.05, 4.69) is 4.99 Å². The molecule has 0 aliphatic heterocycles. The Labute approximate surface area is 135 Å². The van der Waals surface area contributed by atoms with Gasteiger partial charge in [0.2, 0.25) is 0 Å². The zero-order valence-corrected chi connectivity index (χ0v) is 13.3. The Morgan fingerprint density at radius 1 is 1.48 bits per heavy atom. The van der Waals surface area contributed by atoms with Crippen LogP contribution in [0.15, 0.2) is 46.8 Å². The molecule has 0 aliphatic rings. The molecule has 23 heavy (non-hydrogen) atoms. The highest BCUT2D eigenvalue weighted by Crippen LogP contribution is 2.27. The molecule has 1 unspecified atom stereocenters. The SMILES string of the molecule is CCN=CC(=CN)C/C(=C/O)C(N)c1ccc(F)cc1C(C)=O. The van der Waals surface area contributed by atoms with Gasteiger partial charge in [-0.2, -0.15) is 0 Å². The summed E-state index contributed by atoms with van der Waals surface area (Å²) in [5.41, 5.74) is 13.5. The third-order valence-corrected chi connectivity index (χ3v) is 3.36. The number of rotatable bonds is 7. The number of allylic oxidation sites excluding steroid dienone is 1. The Balaban J connectivity index is 3.13. The van der Waals surface area contributed by atoms with Crippen LogP contribution in [0.2, 0.25) is 0 Å². The molecular formula is C17H22FN3O2. The molecule has 0 fully saturated rings. The van der Waals surface area contributed by atoms with Gasteiger partial charge in [0.15, 0.2) is 5.78 Å². The Hall–Kier alpha value is -2.47. The van der Waals surface area contributed by atoms with Gasteiger partial charge in [0.05, 0.1) is 12.3 Å². The molecule has 1 atom stereocenters. The molecule has 0 heterocycles. The molecule has 0 saturated heterocycles. The summed E-state index contributed by atoms with van der Waals surface area (Å²) in [6, 6.07) is 3.07. The number of hydrogen-bond acceptors (Lipinski definition) is 5. The third-order valence-electron chi connectivity index (χ3n) is 3.36. The smallest absolute Gasteiger partial charge is 0.160 e. The predicted octanol–water partition coefficient (Wildman–Crippen LogP) is 2.79. The molecule has 5 N–H and O–H groups in total. The Bertz CT molecular complexity index is 651. The van der Waals surface area contributed by atoms with Crippen molar-refractivity contribution in [1.82, 2.24) is 0 Å². The quantitative estimate of drug-likeness (QED) is 0.408. The monoisotopic (exact) mass is 319 g/mol. The van der Waals surface area contributed by atoms with E-state index < -0.39 is 11.9 Å². The van der Waals surface area contributed by atoms with Crippen molar-refractivity contribution >= 4 is 12.0 Å². The number of hydrogen-bond donors (Lipinski definition) is 3. The molecule has 5 nitrogen and oxygen atoms in total. The molecular weight excluding hydrogens is 297 g/mol. The standard InChI is InChI=1S/C17H22FN3O2/c1-3-21-9-12(8-19)6-13(10-22)17(20)15-5-4-14(18)7-16(15)11(2)23/h4-5,7-10,17,22H,3,6,19-20H2,1-2H3/b12-8?,13-10-,21-9?. The summed E-state index contributed by atoms with van der Waals surface area (Å²) in [4.78, 5) is 15.8. The molecule has 124 valence electrons. The maximum Gasteiger partial charge on any atom is 0.160 e. The molecule has 0 spiro atoms. The zero-order chi connectivity index (χ0) is 17.4. The van der Waals surface area contributed by atoms with Crippen LogP contribution in [-0.2, 0) is 0 Å².